The molecule has 2 aliphatic heterocycles. The van der Waals surface area contributed by atoms with E-state index in [1.807, 2.05) is 19.9 Å². The molecule has 2 aliphatic rings. The predicted molar refractivity (Wildman–Crippen MR) is 91.8 cm³/mol. The molecule has 1 saturated heterocycles. The molecule has 1 amide bonds. The van der Waals surface area contributed by atoms with E-state index in [1.165, 1.54) is 0 Å². The van der Waals surface area contributed by atoms with Crippen molar-refractivity contribution in [3.05, 3.63) is 41.4 Å². The summed E-state index contributed by atoms with van der Waals surface area (Å²) in [6, 6.07) is 3.00. The number of nitrogens with zero attached hydrogens (tertiary/aromatic N) is 2. The van der Waals surface area contributed by atoms with Gasteiger partial charge in [-0.2, -0.15) is 0 Å². The number of amides is 1. The third kappa shape index (κ3) is 3.58. The van der Waals surface area contributed by atoms with Gasteiger partial charge in [0.15, 0.2) is 11.5 Å². The molecule has 1 aromatic rings. The Bertz CT molecular complexity index is 678. The number of Topliss-reactive ketones (excluding diaryl/α,β-unsaturated/α-hetero) is 1. The van der Waals surface area contributed by atoms with Crippen LogP contribution in [0.5, 0.6) is 0 Å². The second-order valence-electron chi connectivity index (χ2n) is 7.06. The molecule has 2 atom stereocenters. The van der Waals surface area contributed by atoms with E-state index >= 15 is 0 Å². The number of hydrogen-bond acceptors (Lipinski definition) is 5. The third-order valence-electron chi connectivity index (χ3n) is 4.62. The highest BCUT2D eigenvalue weighted by Gasteiger charge is 2.44. The molecule has 0 bridgehead atoms. The van der Waals surface area contributed by atoms with Gasteiger partial charge in [0.05, 0.1) is 17.7 Å². The lowest BCUT2D eigenvalue weighted by Crippen LogP contribution is -2.37. The highest BCUT2D eigenvalue weighted by Crippen LogP contribution is 2.39. The summed E-state index contributed by atoms with van der Waals surface area (Å²) < 4.78 is 5.65. The van der Waals surface area contributed by atoms with E-state index in [0.29, 0.717) is 13.2 Å². The summed E-state index contributed by atoms with van der Waals surface area (Å²) in [6.45, 7) is 4.93. The van der Waals surface area contributed by atoms with Gasteiger partial charge in [0.2, 0.25) is 0 Å². The van der Waals surface area contributed by atoms with E-state index in [0.717, 1.165) is 18.4 Å². The molecule has 6 nitrogen and oxygen atoms in total. The highest BCUT2D eigenvalue weighted by atomic mass is 16.5. The summed E-state index contributed by atoms with van der Waals surface area (Å²) in [5.74, 6) is -0.983. The molecular weight excluding hydrogens is 320 g/mol. The van der Waals surface area contributed by atoms with Crippen LogP contribution in [0.25, 0.3) is 0 Å². The number of aliphatic hydroxyl groups excluding tert-OH is 1. The molecule has 3 heterocycles. The number of carbonyl (C=O) groups excluding carboxylic acids is 2. The van der Waals surface area contributed by atoms with Gasteiger partial charge in [-0.1, -0.05) is 19.9 Å². The Labute approximate surface area is 147 Å². The minimum Gasteiger partial charge on any atom is -0.503 e. The van der Waals surface area contributed by atoms with Crippen molar-refractivity contribution >= 4 is 11.7 Å². The molecule has 2 unspecified atom stereocenters. The van der Waals surface area contributed by atoms with Crippen LogP contribution >= 0.6 is 0 Å². The normalized spacial score (nSPS) is 23.8. The number of carbonyl (C=O) groups is 2. The van der Waals surface area contributed by atoms with E-state index in [9.17, 15) is 14.7 Å². The van der Waals surface area contributed by atoms with Crippen LogP contribution in [-0.4, -0.2) is 45.9 Å². The predicted octanol–water partition coefficient (Wildman–Crippen LogP) is 2.57. The van der Waals surface area contributed by atoms with Gasteiger partial charge in [-0.3, -0.25) is 14.6 Å². The monoisotopic (exact) mass is 344 g/mol. The molecule has 1 aromatic heterocycles. The average Bonchev–Trinajstić information content (AvgIpc) is 3.17. The molecule has 0 saturated carbocycles. The Morgan fingerprint density at radius 3 is 2.88 bits per heavy atom. The lowest BCUT2D eigenvalue weighted by molar-refractivity contribution is -0.131. The van der Waals surface area contributed by atoms with Crippen molar-refractivity contribution in [1.82, 2.24) is 9.88 Å². The SMILES string of the molecule is CC(C)CC(=O)C1=C(O)C(=O)N(CC2CCCO2)C1c1cccnc1. The number of hydrogen-bond donors (Lipinski definition) is 1. The number of ketones is 1. The fourth-order valence-electron chi connectivity index (χ4n) is 3.50. The van der Waals surface area contributed by atoms with Crippen molar-refractivity contribution in [1.29, 1.82) is 0 Å². The van der Waals surface area contributed by atoms with E-state index in [4.69, 9.17) is 4.74 Å². The van der Waals surface area contributed by atoms with Gasteiger partial charge >= 0.3 is 0 Å². The quantitative estimate of drug-likeness (QED) is 0.858. The van der Waals surface area contributed by atoms with Crippen molar-refractivity contribution in [2.75, 3.05) is 13.2 Å². The molecule has 1 N–H and O–H groups in total. The number of ether oxygens (including phenoxy) is 1. The first-order chi connectivity index (χ1) is 12.0. The molecule has 134 valence electrons. The molecule has 3 rings (SSSR count). The summed E-state index contributed by atoms with van der Waals surface area (Å²) in [7, 11) is 0. The molecule has 25 heavy (non-hydrogen) atoms. The second kappa shape index (κ2) is 7.35. The first-order valence-corrected chi connectivity index (χ1v) is 8.78. The first kappa shape index (κ1) is 17.6. The van der Waals surface area contributed by atoms with Crippen molar-refractivity contribution in [3.8, 4) is 0 Å². The van der Waals surface area contributed by atoms with Gasteiger partial charge in [0.25, 0.3) is 5.91 Å². The maximum absolute atomic E-state index is 12.7. The van der Waals surface area contributed by atoms with Crippen molar-refractivity contribution < 1.29 is 19.4 Å². The number of aromatic nitrogens is 1. The molecular formula is C19H24N2O4. The average molecular weight is 344 g/mol. The molecule has 1 fully saturated rings. The summed E-state index contributed by atoms with van der Waals surface area (Å²) in [6.07, 6.45) is 5.35. The summed E-state index contributed by atoms with van der Waals surface area (Å²) in [4.78, 5) is 31.1. The summed E-state index contributed by atoms with van der Waals surface area (Å²) in [5.41, 5.74) is 0.912. The Kier molecular flexibility index (Phi) is 5.18. The van der Waals surface area contributed by atoms with Crippen LogP contribution in [0.3, 0.4) is 0 Å². The number of rotatable bonds is 6. The van der Waals surface area contributed by atoms with Crippen LogP contribution in [0.15, 0.2) is 35.9 Å². The first-order valence-electron chi connectivity index (χ1n) is 8.78. The molecule has 0 aliphatic carbocycles. The van der Waals surface area contributed by atoms with Gasteiger partial charge in [-0.05, 0) is 30.4 Å². The maximum atomic E-state index is 12.7. The van der Waals surface area contributed by atoms with Gasteiger partial charge in [-0.15, -0.1) is 0 Å². The zero-order valence-corrected chi connectivity index (χ0v) is 14.6. The van der Waals surface area contributed by atoms with E-state index in [-0.39, 0.29) is 29.8 Å². The largest absolute Gasteiger partial charge is 0.503 e. The number of pyridine rings is 1. The van der Waals surface area contributed by atoms with E-state index in [2.05, 4.69) is 4.98 Å². The van der Waals surface area contributed by atoms with Crippen molar-refractivity contribution in [3.63, 3.8) is 0 Å². The van der Waals surface area contributed by atoms with Gasteiger partial charge < -0.3 is 14.7 Å². The Morgan fingerprint density at radius 2 is 2.28 bits per heavy atom. The minimum atomic E-state index is -0.600. The van der Waals surface area contributed by atoms with Crippen molar-refractivity contribution in [2.45, 2.75) is 45.3 Å². The van der Waals surface area contributed by atoms with Crippen LogP contribution in [0.2, 0.25) is 0 Å². The number of aliphatic hydroxyl groups is 1. The summed E-state index contributed by atoms with van der Waals surface area (Å²) >= 11 is 0. The fraction of sp³-hybridized carbons (Fsp3) is 0.526. The topological polar surface area (TPSA) is 79.7 Å². The van der Waals surface area contributed by atoms with Crippen molar-refractivity contribution in [2.24, 2.45) is 5.92 Å². The van der Waals surface area contributed by atoms with E-state index in [1.54, 1.807) is 23.4 Å². The van der Waals surface area contributed by atoms with Crippen LogP contribution < -0.4 is 0 Å². The summed E-state index contributed by atoms with van der Waals surface area (Å²) in [5, 5.41) is 10.4. The minimum absolute atomic E-state index is 0.0597. The van der Waals surface area contributed by atoms with Crippen LogP contribution in [0.4, 0.5) is 0 Å². The third-order valence-corrected chi connectivity index (χ3v) is 4.62. The fourth-order valence-corrected chi connectivity index (χ4v) is 3.50. The highest BCUT2D eigenvalue weighted by molar-refractivity contribution is 6.09. The van der Waals surface area contributed by atoms with Crippen LogP contribution in [-0.2, 0) is 14.3 Å². The van der Waals surface area contributed by atoms with Gasteiger partial charge in [-0.25, -0.2) is 0 Å². The molecule has 0 spiro atoms. The standard InChI is InChI=1S/C19H24N2O4/c1-12(2)9-15(22)16-17(13-5-3-7-20-10-13)21(19(24)18(16)23)11-14-6-4-8-25-14/h3,5,7,10,12,14,17,23H,4,6,8-9,11H2,1-2H3. The lowest BCUT2D eigenvalue weighted by atomic mass is 9.93. The zero-order chi connectivity index (χ0) is 18.0. The van der Waals surface area contributed by atoms with Crippen LogP contribution in [0.1, 0.15) is 44.7 Å². The molecule has 6 heteroatoms. The Hall–Kier alpha value is -2.21. The smallest absolute Gasteiger partial charge is 0.290 e. The second-order valence-corrected chi connectivity index (χ2v) is 7.06. The van der Waals surface area contributed by atoms with E-state index < -0.39 is 17.7 Å². The molecule has 0 radical (unpaired) electrons. The van der Waals surface area contributed by atoms with Gasteiger partial charge in [0.1, 0.15) is 0 Å². The Balaban J connectivity index is 1.96. The molecule has 0 aromatic carbocycles. The lowest BCUT2D eigenvalue weighted by Gasteiger charge is -2.28. The van der Waals surface area contributed by atoms with Gasteiger partial charge in [0, 0.05) is 32.0 Å². The zero-order valence-electron chi connectivity index (χ0n) is 14.6. The Morgan fingerprint density at radius 1 is 1.48 bits per heavy atom. The maximum Gasteiger partial charge on any atom is 0.290 e. The van der Waals surface area contributed by atoms with Crippen LogP contribution in [0, 0.1) is 5.92 Å².